The highest BCUT2D eigenvalue weighted by Gasteiger charge is 2.21. The van der Waals surface area contributed by atoms with Crippen molar-refractivity contribution in [1.82, 2.24) is 19.5 Å². The molecule has 5 heteroatoms. The molecule has 0 radical (unpaired) electrons. The van der Waals surface area contributed by atoms with Gasteiger partial charge in [0.2, 0.25) is 0 Å². The van der Waals surface area contributed by atoms with E-state index in [2.05, 4.69) is 144 Å². The molecule has 5 nitrogen and oxygen atoms in total. The predicted octanol–water partition coefficient (Wildman–Crippen LogP) is 12.2. The quantitative estimate of drug-likeness (QED) is 0.176. The molecule has 0 saturated carbocycles. The van der Waals surface area contributed by atoms with Crippen molar-refractivity contribution >= 4 is 65.3 Å². The van der Waals surface area contributed by atoms with Gasteiger partial charge in [-0.15, -0.1) is 0 Å². The third-order valence-corrected chi connectivity index (χ3v) is 10.2. The highest BCUT2D eigenvalue weighted by molar-refractivity contribution is 6.19. The van der Waals surface area contributed by atoms with E-state index < -0.39 is 0 Å². The van der Waals surface area contributed by atoms with E-state index in [0.717, 1.165) is 71.5 Å². The van der Waals surface area contributed by atoms with Crippen LogP contribution in [-0.2, 0) is 0 Å². The molecule has 0 N–H and O–H groups in total. The highest BCUT2D eigenvalue weighted by Crippen LogP contribution is 2.41. The Balaban J connectivity index is 1.21. The van der Waals surface area contributed by atoms with Crippen LogP contribution < -0.4 is 0 Å². The van der Waals surface area contributed by atoms with Crippen molar-refractivity contribution in [3.63, 3.8) is 0 Å². The molecule has 3 heterocycles. The van der Waals surface area contributed by atoms with Gasteiger partial charge in [-0.1, -0.05) is 127 Å². The largest absolute Gasteiger partial charge is 0.456 e. The topological polar surface area (TPSA) is 56.7 Å². The van der Waals surface area contributed by atoms with Crippen LogP contribution in [-0.4, -0.2) is 19.5 Å². The first-order valence-electron chi connectivity index (χ1n) is 17.5. The van der Waals surface area contributed by atoms with Gasteiger partial charge in [0.05, 0.1) is 11.0 Å². The molecular weight excluding hydrogens is 637 g/mol. The summed E-state index contributed by atoms with van der Waals surface area (Å²) >= 11 is 0. The Bertz CT molecular complexity index is 3180. The number of rotatable bonds is 4. The smallest absolute Gasteiger partial charge is 0.164 e. The summed E-state index contributed by atoms with van der Waals surface area (Å²) in [6, 6.07) is 59.1. The fraction of sp³-hybridized carbons (Fsp3) is 0. The predicted molar refractivity (Wildman–Crippen MR) is 213 cm³/mol. The average Bonchev–Trinajstić information content (AvgIpc) is 3.76. The van der Waals surface area contributed by atoms with E-state index in [1.54, 1.807) is 0 Å². The van der Waals surface area contributed by atoms with Gasteiger partial charge in [-0.05, 0) is 64.0 Å². The van der Waals surface area contributed by atoms with Crippen molar-refractivity contribution in [3.05, 3.63) is 170 Å². The van der Waals surface area contributed by atoms with Crippen LogP contribution in [0.5, 0.6) is 0 Å². The Morgan fingerprint density at radius 1 is 0.385 bits per heavy atom. The molecule has 3 aromatic heterocycles. The minimum absolute atomic E-state index is 0.596. The second-order valence-electron chi connectivity index (χ2n) is 13.2. The van der Waals surface area contributed by atoms with E-state index in [-0.39, 0.29) is 0 Å². The van der Waals surface area contributed by atoms with E-state index in [4.69, 9.17) is 19.4 Å². The van der Waals surface area contributed by atoms with Gasteiger partial charge in [-0.3, -0.25) is 0 Å². The minimum Gasteiger partial charge on any atom is -0.456 e. The van der Waals surface area contributed by atoms with Crippen LogP contribution in [0.1, 0.15) is 0 Å². The summed E-state index contributed by atoms with van der Waals surface area (Å²) in [6.45, 7) is 0. The fourth-order valence-corrected chi connectivity index (χ4v) is 7.91. The molecule has 0 unspecified atom stereocenters. The molecule has 52 heavy (non-hydrogen) atoms. The van der Waals surface area contributed by atoms with Gasteiger partial charge in [-0.25, -0.2) is 15.0 Å². The van der Waals surface area contributed by atoms with Gasteiger partial charge < -0.3 is 8.98 Å². The molecule has 0 fully saturated rings. The Morgan fingerprint density at radius 2 is 1.02 bits per heavy atom. The lowest BCUT2D eigenvalue weighted by Gasteiger charge is -2.11. The SMILES string of the molecule is c1ccc(-c2nc(-c3cccc4oc5cc6ccc7ccccc7c6cc5c34)nc(-c3cccc4c3c3ccccc3n4-c3ccccc3)n2)cc1. The zero-order valence-corrected chi connectivity index (χ0v) is 27.9. The molecule has 242 valence electrons. The van der Waals surface area contributed by atoms with Crippen LogP contribution in [0.4, 0.5) is 0 Å². The van der Waals surface area contributed by atoms with E-state index in [0.29, 0.717) is 17.5 Å². The van der Waals surface area contributed by atoms with Crippen molar-refractivity contribution in [3.8, 4) is 39.9 Å². The van der Waals surface area contributed by atoms with Gasteiger partial charge in [0.1, 0.15) is 11.2 Å². The number of nitrogens with zero attached hydrogens (tertiary/aromatic N) is 4. The molecule has 0 saturated heterocycles. The van der Waals surface area contributed by atoms with Gasteiger partial charge in [0.25, 0.3) is 0 Å². The first-order valence-corrected chi connectivity index (χ1v) is 17.5. The van der Waals surface area contributed by atoms with Crippen LogP contribution in [0, 0.1) is 0 Å². The minimum atomic E-state index is 0.596. The maximum absolute atomic E-state index is 6.54. The van der Waals surface area contributed by atoms with E-state index in [1.165, 1.54) is 16.2 Å². The summed E-state index contributed by atoms with van der Waals surface area (Å²) in [5.74, 6) is 1.83. The molecule has 0 bridgehead atoms. The summed E-state index contributed by atoms with van der Waals surface area (Å²) in [4.78, 5) is 15.7. The molecule has 0 aliphatic heterocycles. The lowest BCUT2D eigenvalue weighted by Crippen LogP contribution is -2.01. The summed E-state index contributed by atoms with van der Waals surface area (Å²) in [6.07, 6.45) is 0. The lowest BCUT2D eigenvalue weighted by molar-refractivity contribution is 0.669. The molecule has 8 aromatic carbocycles. The molecule has 11 rings (SSSR count). The molecule has 11 aromatic rings. The fourth-order valence-electron chi connectivity index (χ4n) is 7.91. The maximum Gasteiger partial charge on any atom is 0.164 e. The number of hydrogen-bond acceptors (Lipinski definition) is 4. The number of benzene rings is 8. The van der Waals surface area contributed by atoms with Crippen LogP contribution in [0.25, 0.3) is 105 Å². The first-order chi connectivity index (χ1) is 25.8. The second-order valence-corrected chi connectivity index (χ2v) is 13.2. The average molecular weight is 665 g/mol. The zero-order valence-electron chi connectivity index (χ0n) is 27.9. The van der Waals surface area contributed by atoms with Crippen LogP contribution in [0.15, 0.2) is 174 Å². The maximum atomic E-state index is 6.54. The van der Waals surface area contributed by atoms with Crippen molar-refractivity contribution in [2.45, 2.75) is 0 Å². The number of para-hydroxylation sites is 2. The van der Waals surface area contributed by atoms with Crippen LogP contribution >= 0.6 is 0 Å². The van der Waals surface area contributed by atoms with E-state index in [1.807, 2.05) is 30.3 Å². The van der Waals surface area contributed by atoms with Crippen molar-refractivity contribution in [1.29, 1.82) is 0 Å². The van der Waals surface area contributed by atoms with Crippen molar-refractivity contribution in [2.24, 2.45) is 0 Å². The standard InChI is InChI=1S/C47H28N4O/c1-3-14-30(15-4-1)45-48-46(35-20-11-23-40-43(35)34-19-9-10-22-39(34)51(40)32-16-5-2-6-17-32)50-47(49-45)36-21-12-24-41-44(36)38-28-37-31(27-42(38)52-41)26-25-29-13-7-8-18-33(29)37/h1-28H. The Kier molecular flexibility index (Phi) is 6.18. The Morgan fingerprint density at radius 3 is 1.85 bits per heavy atom. The molecule has 0 aliphatic rings. The van der Waals surface area contributed by atoms with Crippen molar-refractivity contribution < 1.29 is 4.42 Å². The zero-order chi connectivity index (χ0) is 34.2. The monoisotopic (exact) mass is 664 g/mol. The number of hydrogen-bond donors (Lipinski definition) is 0. The summed E-state index contributed by atoms with van der Waals surface area (Å²) < 4.78 is 8.86. The van der Waals surface area contributed by atoms with Gasteiger partial charge in [0.15, 0.2) is 17.5 Å². The van der Waals surface area contributed by atoms with Gasteiger partial charge in [0, 0.05) is 43.9 Å². The number of fused-ring (bicyclic) bond motifs is 9. The first kappa shape index (κ1) is 28.7. The van der Waals surface area contributed by atoms with E-state index in [9.17, 15) is 0 Å². The van der Waals surface area contributed by atoms with Gasteiger partial charge >= 0.3 is 0 Å². The normalized spacial score (nSPS) is 11.8. The van der Waals surface area contributed by atoms with Crippen LogP contribution in [0.3, 0.4) is 0 Å². The Hall–Kier alpha value is -7.11. The third kappa shape index (κ3) is 4.33. The van der Waals surface area contributed by atoms with Crippen LogP contribution in [0.2, 0.25) is 0 Å². The van der Waals surface area contributed by atoms with Crippen molar-refractivity contribution in [2.75, 3.05) is 0 Å². The molecule has 0 aliphatic carbocycles. The third-order valence-electron chi connectivity index (χ3n) is 10.2. The summed E-state index contributed by atoms with van der Waals surface area (Å²) in [7, 11) is 0. The van der Waals surface area contributed by atoms with Gasteiger partial charge in [-0.2, -0.15) is 0 Å². The highest BCUT2D eigenvalue weighted by atomic mass is 16.3. The second kappa shape index (κ2) is 11.2. The summed E-state index contributed by atoms with van der Waals surface area (Å²) in [5, 5.41) is 9.01. The molecule has 0 spiro atoms. The Labute approximate surface area is 298 Å². The molecule has 0 amide bonds. The molecule has 0 atom stereocenters. The number of aromatic nitrogens is 4. The summed E-state index contributed by atoms with van der Waals surface area (Å²) in [5.41, 5.74) is 7.73. The number of furan rings is 1. The molecular formula is C47H28N4O. The van der Waals surface area contributed by atoms with E-state index >= 15 is 0 Å². The lowest BCUT2D eigenvalue weighted by atomic mass is 9.98.